The van der Waals surface area contributed by atoms with Crippen LogP contribution < -0.4 is 16.0 Å². The zero-order chi connectivity index (χ0) is 19.2. The first-order chi connectivity index (χ1) is 13.0. The number of halogens is 1. The minimum absolute atomic E-state index is 0.120. The summed E-state index contributed by atoms with van der Waals surface area (Å²) in [5.41, 5.74) is 1.54. The van der Waals surface area contributed by atoms with Crippen LogP contribution in [0.1, 0.15) is 20.9 Å². The number of furan rings is 1. The second kappa shape index (κ2) is 8.48. The van der Waals surface area contributed by atoms with Gasteiger partial charge in [-0.05, 0) is 60.7 Å². The standard InChI is InChI=1S/C19H14ClN3O3S/c20-13-5-1-4-12(10-13)17(24)23-19(27)22-15-7-2-6-14(11-15)21-18(25)16-8-3-9-26-16/h1-11H,(H,21,25)(H2,22,23,24,27). The SMILES string of the molecule is O=C(NC(=S)Nc1cccc(NC(=O)c2ccco2)c1)c1cccc(Cl)c1. The smallest absolute Gasteiger partial charge is 0.291 e. The lowest BCUT2D eigenvalue weighted by molar-refractivity contribution is 0.0975. The summed E-state index contributed by atoms with van der Waals surface area (Å²) in [6, 6.07) is 16.6. The first-order valence-electron chi connectivity index (χ1n) is 7.84. The van der Waals surface area contributed by atoms with Crippen molar-refractivity contribution in [2.75, 3.05) is 10.6 Å². The molecular weight excluding hydrogens is 386 g/mol. The van der Waals surface area contributed by atoms with Crippen LogP contribution in [0.5, 0.6) is 0 Å². The number of benzene rings is 2. The number of amides is 2. The van der Waals surface area contributed by atoms with Crippen LogP contribution >= 0.6 is 23.8 Å². The highest BCUT2D eigenvalue weighted by Crippen LogP contribution is 2.16. The lowest BCUT2D eigenvalue weighted by Gasteiger charge is -2.11. The van der Waals surface area contributed by atoms with Crippen LogP contribution in [0.3, 0.4) is 0 Å². The van der Waals surface area contributed by atoms with E-state index in [4.69, 9.17) is 28.2 Å². The van der Waals surface area contributed by atoms with E-state index in [-0.39, 0.29) is 22.7 Å². The number of thiocarbonyl (C=S) groups is 1. The van der Waals surface area contributed by atoms with Gasteiger partial charge in [-0.1, -0.05) is 23.7 Å². The highest BCUT2D eigenvalue weighted by molar-refractivity contribution is 7.80. The highest BCUT2D eigenvalue weighted by Gasteiger charge is 2.10. The fraction of sp³-hybridized carbons (Fsp3) is 0. The maximum absolute atomic E-state index is 12.2. The molecule has 2 aromatic carbocycles. The molecule has 0 saturated heterocycles. The van der Waals surface area contributed by atoms with Crippen LogP contribution in [0.2, 0.25) is 5.02 Å². The molecule has 6 nitrogen and oxygen atoms in total. The predicted octanol–water partition coefficient (Wildman–Crippen LogP) is 4.31. The van der Waals surface area contributed by atoms with Gasteiger partial charge < -0.3 is 15.1 Å². The van der Waals surface area contributed by atoms with Gasteiger partial charge in [0.1, 0.15) is 0 Å². The maximum Gasteiger partial charge on any atom is 0.291 e. The Kier molecular flexibility index (Phi) is 5.85. The van der Waals surface area contributed by atoms with E-state index < -0.39 is 0 Å². The molecule has 0 aliphatic carbocycles. The van der Waals surface area contributed by atoms with E-state index in [0.717, 1.165) is 0 Å². The van der Waals surface area contributed by atoms with Gasteiger partial charge in [-0.25, -0.2) is 0 Å². The Labute approximate surface area is 165 Å². The van der Waals surface area contributed by atoms with Crippen LogP contribution in [0.4, 0.5) is 11.4 Å². The summed E-state index contributed by atoms with van der Waals surface area (Å²) in [5.74, 6) is -0.538. The summed E-state index contributed by atoms with van der Waals surface area (Å²) < 4.78 is 5.05. The Balaban J connectivity index is 1.61. The molecule has 0 unspecified atom stereocenters. The largest absolute Gasteiger partial charge is 0.459 e. The summed E-state index contributed by atoms with van der Waals surface area (Å²) in [4.78, 5) is 24.2. The molecule has 2 amide bonds. The molecule has 136 valence electrons. The number of rotatable bonds is 4. The number of carbonyl (C=O) groups excluding carboxylic acids is 2. The Bertz CT molecular complexity index is 989. The van der Waals surface area contributed by atoms with E-state index >= 15 is 0 Å². The molecule has 0 aliphatic heterocycles. The van der Waals surface area contributed by atoms with Gasteiger partial charge in [-0.3, -0.25) is 14.9 Å². The summed E-state index contributed by atoms with van der Waals surface area (Å²) >= 11 is 11.0. The molecule has 1 heterocycles. The van der Waals surface area contributed by atoms with E-state index in [2.05, 4.69) is 16.0 Å². The normalized spacial score (nSPS) is 10.1. The topological polar surface area (TPSA) is 83.4 Å². The number of hydrogen-bond donors (Lipinski definition) is 3. The first-order valence-corrected chi connectivity index (χ1v) is 8.63. The summed E-state index contributed by atoms with van der Waals surface area (Å²) in [6.07, 6.45) is 1.42. The van der Waals surface area contributed by atoms with Crippen molar-refractivity contribution in [2.24, 2.45) is 0 Å². The van der Waals surface area contributed by atoms with Crippen molar-refractivity contribution in [2.45, 2.75) is 0 Å². The Morgan fingerprint density at radius 3 is 2.33 bits per heavy atom. The van der Waals surface area contributed by atoms with Crippen LogP contribution in [-0.2, 0) is 0 Å². The first kappa shape index (κ1) is 18.6. The molecule has 3 N–H and O–H groups in total. The quantitative estimate of drug-likeness (QED) is 0.569. The van der Waals surface area contributed by atoms with Crippen molar-refractivity contribution in [3.05, 3.63) is 83.3 Å². The average Bonchev–Trinajstić information content (AvgIpc) is 3.16. The number of nitrogens with one attached hydrogen (secondary N) is 3. The molecule has 27 heavy (non-hydrogen) atoms. The minimum atomic E-state index is -0.378. The van der Waals surface area contributed by atoms with Gasteiger partial charge in [0, 0.05) is 22.0 Å². The molecule has 0 radical (unpaired) electrons. The van der Waals surface area contributed by atoms with Crippen molar-refractivity contribution in [3.63, 3.8) is 0 Å². The Morgan fingerprint density at radius 2 is 1.63 bits per heavy atom. The molecule has 3 rings (SSSR count). The van der Waals surface area contributed by atoms with Crippen LogP contribution in [0.25, 0.3) is 0 Å². The van der Waals surface area contributed by atoms with Crippen LogP contribution in [0.15, 0.2) is 71.3 Å². The van der Waals surface area contributed by atoms with Gasteiger partial charge in [-0.15, -0.1) is 0 Å². The Hall–Kier alpha value is -3.16. The minimum Gasteiger partial charge on any atom is -0.459 e. The zero-order valence-corrected chi connectivity index (χ0v) is 15.4. The molecule has 0 bridgehead atoms. The summed E-state index contributed by atoms with van der Waals surface area (Å²) in [6.45, 7) is 0. The second-order valence-corrected chi connectivity index (χ2v) is 6.28. The van der Waals surface area contributed by atoms with E-state index in [0.29, 0.717) is 22.0 Å². The van der Waals surface area contributed by atoms with Gasteiger partial charge in [-0.2, -0.15) is 0 Å². The molecule has 1 aromatic heterocycles. The third kappa shape index (κ3) is 5.16. The fourth-order valence-corrected chi connectivity index (χ4v) is 2.64. The molecule has 0 atom stereocenters. The van der Waals surface area contributed by atoms with Crippen LogP contribution in [0, 0.1) is 0 Å². The van der Waals surface area contributed by atoms with Crippen molar-refractivity contribution >= 4 is 52.1 Å². The average molecular weight is 400 g/mol. The molecule has 8 heteroatoms. The van der Waals surface area contributed by atoms with Crippen molar-refractivity contribution in [1.82, 2.24) is 5.32 Å². The fourth-order valence-electron chi connectivity index (χ4n) is 2.24. The molecule has 0 fully saturated rings. The number of hydrogen-bond acceptors (Lipinski definition) is 4. The predicted molar refractivity (Wildman–Crippen MR) is 108 cm³/mol. The van der Waals surface area contributed by atoms with Gasteiger partial charge >= 0.3 is 0 Å². The van der Waals surface area contributed by atoms with Gasteiger partial charge in [0.2, 0.25) is 0 Å². The Morgan fingerprint density at radius 1 is 0.889 bits per heavy atom. The number of anilines is 2. The third-order valence-electron chi connectivity index (χ3n) is 3.44. The summed E-state index contributed by atoms with van der Waals surface area (Å²) in [7, 11) is 0. The lowest BCUT2D eigenvalue weighted by atomic mass is 10.2. The van der Waals surface area contributed by atoms with Crippen molar-refractivity contribution in [1.29, 1.82) is 0 Å². The molecule has 0 aliphatic rings. The summed E-state index contributed by atoms with van der Waals surface area (Å²) in [5, 5.41) is 8.76. The molecule has 3 aromatic rings. The van der Waals surface area contributed by atoms with Crippen LogP contribution in [-0.4, -0.2) is 16.9 Å². The van der Waals surface area contributed by atoms with Crippen molar-refractivity contribution < 1.29 is 14.0 Å². The second-order valence-electron chi connectivity index (χ2n) is 5.43. The molecular formula is C19H14ClN3O3S. The molecule has 0 saturated carbocycles. The third-order valence-corrected chi connectivity index (χ3v) is 3.88. The lowest BCUT2D eigenvalue weighted by Crippen LogP contribution is -2.34. The highest BCUT2D eigenvalue weighted by atomic mass is 35.5. The monoisotopic (exact) mass is 399 g/mol. The number of carbonyl (C=O) groups is 2. The van der Waals surface area contributed by atoms with Gasteiger partial charge in [0.15, 0.2) is 10.9 Å². The van der Waals surface area contributed by atoms with E-state index in [9.17, 15) is 9.59 Å². The van der Waals surface area contributed by atoms with Crippen molar-refractivity contribution in [3.8, 4) is 0 Å². The van der Waals surface area contributed by atoms with E-state index in [1.807, 2.05) is 0 Å². The maximum atomic E-state index is 12.2. The molecule has 0 spiro atoms. The van der Waals surface area contributed by atoms with Gasteiger partial charge in [0.25, 0.3) is 11.8 Å². The zero-order valence-electron chi connectivity index (χ0n) is 13.9. The van der Waals surface area contributed by atoms with E-state index in [1.54, 1.807) is 60.7 Å². The van der Waals surface area contributed by atoms with E-state index in [1.165, 1.54) is 6.26 Å². The van der Waals surface area contributed by atoms with Gasteiger partial charge in [0.05, 0.1) is 6.26 Å².